The minimum atomic E-state index is -0.252. The molecule has 0 unspecified atom stereocenters. The maximum absolute atomic E-state index is 13.5. The lowest BCUT2D eigenvalue weighted by Crippen LogP contribution is -2.32. The van der Waals surface area contributed by atoms with Crippen LogP contribution in [-0.2, 0) is 16.1 Å². The van der Waals surface area contributed by atoms with E-state index in [2.05, 4.69) is 5.16 Å². The Balaban J connectivity index is 1.49. The lowest BCUT2D eigenvalue weighted by atomic mass is 9.85. The van der Waals surface area contributed by atoms with Gasteiger partial charge in [0, 0.05) is 11.4 Å². The van der Waals surface area contributed by atoms with Gasteiger partial charge in [0.15, 0.2) is 0 Å². The Bertz CT molecular complexity index is 1360. The van der Waals surface area contributed by atoms with Gasteiger partial charge in [-0.15, -0.1) is 0 Å². The van der Waals surface area contributed by atoms with Crippen LogP contribution in [0.25, 0.3) is 21.8 Å². The van der Waals surface area contributed by atoms with Crippen LogP contribution in [-0.4, -0.2) is 15.7 Å². The molecule has 6 nitrogen and oxygen atoms in total. The minimum Gasteiger partial charge on any atom is -0.461 e. The molecule has 1 aliphatic rings. The van der Waals surface area contributed by atoms with Crippen molar-refractivity contribution < 1.29 is 14.1 Å². The summed E-state index contributed by atoms with van der Waals surface area (Å²) in [5.41, 5.74) is 2.00. The summed E-state index contributed by atoms with van der Waals surface area (Å²) >= 11 is 6.52. The van der Waals surface area contributed by atoms with E-state index in [1.54, 1.807) is 17.6 Å². The Hall–Kier alpha value is -3.12. The number of carbonyl (C=O) groups excluding carboxylic acids is 1. The van der Waals surface area contributed by atoms with E-state index < -0.39 is 0 Å². The zero-order chi connectivity index (χ0) is 22.2. The molecule has 0 bridgehead atoms. The average Bonchev–Trinajstić information content (AvgIpc) is 3.20. The van der Waals surface area contributed by atoms with E-state index in [-0.39, 0.29) is 30.1 Å². The SMILES string of the molecule is Cc1onc2c1c(=O)n([C@H]1CCC[C@@H](C(=O)OCc3ccccc3)C1)c1cccc(Cl)c21. The minimum absolute atomic E-state index is 0.134. The van der Waals surface area contributed by atoms with Crippen molar-refractivity contribution in [2.45, 2.75) is 45.3 Å². The molecule has 164 valence electrons. The molecule has 2 aromatic heterocycles. The first-order valence-corrected chi connectivity index (χ1v) is 11.2. The van der Waals surface area contributed by atoms with Crippen LogP contribution in [0.1, 0.15) is 43.0 Å². The number of pyridine rings is 1. The molecule has 5 rings (SSSR count). The first-order chi connectivity index (χ1) is 15.5. The average molecular weight is 451 g/mol. The van der Waals surface area contributed by atoms with Crippen LogP contribution < -0.4 is 5.56 Å². The number of fused-ring (bicyclic) bond motifs is 3. The molecule has 1 fully saturated rings. The molecule has 4 aromatic rings. The Morgan fingerprint density at radius 2 is 1.97 bits per heavy atom. The molecule has 0 spiro atoms. The molecule has 0 N–H and O–H groups in total. The van der Waals surface area contributed by atoms with E-state index in [0.717, 1.165) is 24.8 Å². The molecule has 1 aliphatic carbocycles. The number of rotatable bonds is 4. The first-order valence-electron chi connectivity index (χ1n) is 10.8. The molecule has 0 radical (unpaired) electrons. The summed E-state index contributed by atoms with van der Waals surface area (Å²) in [6, 6.07) is 15.0. The quantitative estimate of drug-likeness (QED) is 0.379. The summed E-state index contributed by atoms with van der Waals surface area (Å²) in [5, 5.41) is 5.77. The smallest absolute Gasteiger partial charge is 0.309 e. The van der Waals surface area contributed by atoms with Gasteiger partial charge in [0.2, 0.25) is 0 Å². The third-order valence-corrected chi connectivity index (χ3v) is 6.67. The number of carbonyl (C=O) groups is 1. The number of hydrogen-bond donors (Lipinski definition) is 0. The highest BCUT2D eigenvalue weighted by molar-refractivity contribution is 6.37. The van der Waals surface area contributed by atoms with Crippen molar-refractivity contribution in [2.75, 3.05) is 0 Å². The number of nitrogens with zero attached hydrogens (tertiary/aromatic N) is 2. The van der Waals surface area contributed by atoms with Crippen LogP contribution in [0.5, 0.6) is 0 Å². The van der Waals surface area contributed by atoms with Gasteiger partial charge < -0.3 is 13.8 Å². The van der Waals surface area contributed by atoms with Crippen molar-refractivity contribution in [2.24, 2.45) is 5.92 Å². The van der Waals surface area contributed by atoms with Crippen LogP contribution in [0.3, 0.4) is 0 Å². The standard InChI is InChI=1S/C25H23ClN2O4/c1-15-21-23(27-32-15)22-19(26)11-6-12-20(22)28(24(21)29)18-10-5-9-17(13-18)25(30)31-14-16-7-3-2-4-8-16/h2-4,6-8,11-12,17-18H,5,9-10,13-14H2,1H3/t17-,18+/m1/s1. The summed E-state index contributed by atoms with van der Waals surface area (Å²) in [6.07, 6.45) is 2.95. The second-order valence-corrected chi connectivity index (χ2v) is 8.79. The van der Waals surface area contributed by atoms with Gasteiger partial charge in [0.1, 0.15) is 23.3 Å². The monoisotopic (exact) mass is 450 g/mol. The number of aryl methyl sites for hydroxylation is 1. The number of hydrogen-bond acceptors (Lipinski definition) is 5. The first kappa shape index (κ1) is 20.8. The van der Waals surface area contributed by atoms with E-state index in [0.29, 0.717) is 39.0 Å². The van der Waals surface area contributed by atoms with E-state index >= 15 is 0 Å². The summed E-state index contributed by atoms with van der Waals surface area (Å²) in [4.78, 5) is 26.3. The van der Waals surface area contributed by atoms with Gasteiger partial charge in [0.05, 0.1) is 16.5 Å². The maximum Gasteiger partial charge on any atom is 0.309 e. The van der Waals surface area contributed by atoms with Crippen molar-refractivity contribution in [3.63, 3.8) is 0 Å². The van der Waals surface area contributed by atoms with Crippen LogP contribution >= 0.6 is 11.6 Å². The van der Waals surface area contributed by atoms with Crippen LogP contribution in [0, 0.1) is 12.8 Å². The Morgan fingerprint density at radius 3 is 2.78 bits per heavy atom. The topological polar surface area (TPSA) is 74.3 Å². The Morgan fingerprint density at radius 1 is 1.16 bits per heavy atom. The third kappa shape index (κ3) is 3.58. The number of ether oxygens (including phenoxy) is 1. The molecule has 32 heavy (non-hydrogen) atoms. The molecule has 2 heterocycles. The van der Waals surface area contributed by atoms with Crippen molar-refractivity contribution in [3.8, 4) is 0 Å². The molecule has 0 saturated heterocycles. The van der Waals surface area contributed by atoms with Crippen molar-refractivity contribution >= 4 is 39.4 Å². The zero-order valence-electron chi connectivity index (χ0n) is 17.7. The van der Waals surface area contributed by atoms with Gasteiger partial charge in [-0.2, -0.15) is 0 Å². The van der Waals surface area contributed by atoms with E-state index in [1.807, 2.05) is 42.5 Å². The van der Waals surface area contributed by atoms with Gasteiger partial charge in [-0.1, -0.05) is 59.6 Å². The summed E-state index contributed by atoms with van der Waals surface area (Å²) in [7, 11) is 0. The van der Waals surface area contributed by atoms with Crippen molar-refractivity contribution in [3.05, 3.63) is 75.2 Å². The fraction of sp³-hybridized carbons (Fsp3) is 0.320. The second kappa shape index (κ2) is 8.43. The lowest BCUT2D eigenvalue weighted by Gasteiger charge is -2.30. The van der Waals surface area contributed by atoms with Gasteiger partial charge in [-0.25, -0.2) is 0 Å². The number of halogens is 1. The highest BCUT2D eigenvalue weighted by Gasteiger charge is 2.32. The highest BCUT2D eigenvalue weighted by Crippen LogP contribution is 2.37. The second-order valence-electron chi connectivity index (χ2n) is 8.38. The highest BCUT2D eigenvalue weighted by atomic mass is 35.5. The Kier molecular flexibility index (Phi) is 5.47. The fourth-order valence-electron chi connectivity index (χ4n) is 4.79. The normalized spacial score (nSPS) is 18.8. The molecule has 7 heteroatoms. The Labute approximate surface area is 189 Å². The van der Waals surface area contributed by atoms with Gasteiger partial charge in [-0.3, -0.25) is 9.59 Å². The van der Waals surface area contributed by atoms with Crippen LogP contribution in [0.2, 0.25) is 5.02 Å². The molecular weight excluding hydrogens is 428 g/mol. The zero-order valence-corrected chi connectivity index (χ0v) is 18.5. The molecule has 0 aliphatic heterocycles. The van der Waals surface area contributed by atoms with Gasteiger partial charge in [0.25, 0.3) is 5.56 Å². The van der Waals surface area contributed by atoms with E-state index in [9.17, 15) is 9.59 Å². The summed E-state index contributed by atoms with van der Waals surface area (Å²) < 4.78 is 12.7. The number of esters is 1. The molecule has 2 aromatic carbocycles. The fourth-order valence-corrected chi connectivity index (χ4v) is 5.05. The van der Waals surface area contributed by atoms with Crippen LogP contribution in [0.4, 0.5) is 0 Å². The lowest BCUT2D eigenvalue weighted by molar-refractivity contribution is -0.151. The number of benzene rings is 2. The predicted octanol–water partition coefficient (Wildman–Crippen LogP) is 5.58. The number of aromatic nitrogens is 2. The molecular formula is C25H23ClN2O4. The van der Waals surface area contributed by atoms with Crippen LogP contribution in [0.15, 0.2) is 57.8 Å². The molecule has 2 atom stereocenters. The third-order valence-electron chi connectivity index (χ3n) is 6.35. The van der Waals surface area contributed by atoms with Crippen molar-refractivity contribution in [1.82, 2.24) is 9.72 Å². The molecule has 1 saturated carbocycles. The maximum atomic E-state index is 13.5. The summed E-state index contributed by atoms with van der Waals surface area (Å²) in [6.45, 7) is 1.99. The van der Waals surface area contributed by atoms with Gasteiger partial charge in [-0.05, 0) is 43.9 Å². The molecule has 0 amide bonds. The van der Waals surface area contributed by atoms with Crippen molar-refractivity contribution in [1.29, 1.82) is 0 Å². The largest absolute Gasteiger partial charge is 0.461 e. The van der Waals surface area contributed by atoms with E-state index in [4.69, 9.17) is 20.9 Å². The summed E-state index contributed by atoms with van der Waals surface area (Å²) in [5.74, 6) is 0.00393. The van der Waals surface area contributed by atoms with Gasteiger partial charge >= 0.3 is 5.97 Å². The van der Waals surface area contributed by atoms with E-state index in [1.165, 1.54) is 0 Å². The predicted molar refractivity (Wildman–Crippen MR) is 123 cm³/mol.